The van der Waals surface area contributed by atoms with Crippen LogP contribution >= 0.6 is 0 Å². The van der Waals surface area contributed by atoms with Crippen molar-refractivity contribution in [3.8, 4) is 0 Å². The van der Waals surface area contributed by atoms with Crippen LogP contribution in [0.3, 0.4) is 0 Å². The molecule has 2 rings (SSSR count). The van der Waals surface area contributed by atoms with Crippen LogP contribution in [0.1, 0.15) is 45.4 Å². The van der Waals surface area contributed by atoms with Gasteiger partial charge in [0.2, 0.25) is 5.91 Å². The molecule has 0 aromatic heterocycles. The first-order valence-corrected chi connectivity index (χ1v) is 6.77. The number of amides is 1. The normalized spacial score (nSPS) is 32.7. The van der Waals surface area contributed by atoms with E-state index in [1.807, 2.05) is 0 Å². The molecule has 2 atom stereocenters. The van der Waals surface area contributed by atoms with Gasteiger partial charge in [0.15, 0.2) is 0 Å². The number of nitrogens with two attached hydrogens (primary N) is 1. The molecule has 0 radical (unpaired) electrons. The van der Waals surface area contributed by atoms with Crippen LogP contribution in [-0.4, -0.2) is 30.7 Å². The van der Waals surface area contributed by atoms with Crippen molar-refractivity contribution in [2.75, 3.05) is 13.2 Å². The first kappa shape index (κ1) is 12.8. The van der Waals surface area contributed by atoms with E-state index in [0.29, 0.717) is 31.5 Å². The van der Waals surface area contributed by atoms with E-state index in [2.05, 4.69) is 12.2 Å². The second kappa shape index (κ2) is 5.36. The zero-order valence-corrected chi connectivity index (χ0v) is 10.7. The topological polar surface area (TPSA) is 64.3 Å². The van der Waals surface area contributed by atoms with Crippen LogP contribution in [-0.2, 0) is 9.53 Å². The molecule has 4 nitrogen and oxygen atoms in total. The lowest BCUT2D eigenvalue weighted by atomic mass is 10.0. The van der Waals surface area contributed by atoms with Crippen molar-refractivity contribution in [3.63, 3.8) is 0 Å². The van der Waals surface area contributed by atoms with Crippen molar-refractivity contribution in [3.05, 3.63) is 0 Å². The molecular formula is C13H24N2O2. The summed E-state index contributed by atoms with van der Waals surface area (Å²) in [7, 11) is 0. The van der Waals surface area contributed by atoms with Gasteiger partial charge in [0, 0.05) is 19.0 Å². The predicted molar refractivity (Wildman–Crippen MR) is 66.5 cm³/mol. The molecule has 2 unspecified atom stereocenters. The Morgan fingerprint density at radius 1 is 1.47 bits per heavy atom. The van der Waals surface area contributed by atoms with Crippen molar-refractivity contribution in [2.45, 2.75) is 57.1 Å². The zero-order chi connectivity index (χ0) is 12.3. The van der Waals surface area contributed by atoms with Crippen LogP contribution < -0.4 is 11.1 Å². The maximum absolute atomic E-state index is 11.5. The van der Waals surface area contributed by atoms with Gasteiger partial charge in [-0.1, -0.05) is 6.92 Å². The predicted octanol–water partition coefficient (Wildman–Crippen LogP) is 1.19. The van der Waals surface area contributed by atoms with Crippen molar-refractivity contribution in [1.29, 1.82) is 0 Å². The van der Waals surface area contributed by atoms with Crippen LogP contribution in [0.5, 0.6) is 0 Å². The van der Waals surface area contributed by atoms with E-state index >= 15 is 0 Å². The molecular weight excluding hydrogens is 216 g/mol. The van der Waals surface area contributed by atoms with Gasteiger partial charge < -0.3 is 15.8 Å². The summed E-state index contributed by atoms with van der Waals surface area (Å²) in [5, 5.41) is 2.97. The third-order valence-corrected chi connectivity index (χ3v) is 3.87. The van der Waals surface area contributed by atoms with Gasteiger partial charge in [-0.15, -0.1) is 0 Å². The molecule has 2 aliphatic rings. The number of rotatable bonds is 6. The Hall–Kier alpha value is -0.610. The van der Waals surface area contributed by atoms with E-state index in [9.17, 15) is 4.79 Å². The minimum Gasteiger partial charge on any atom is -0.373 e. The van der Waals surface area contributed by atoms with Gasteiger partial charge in [-0.25, -0.2) is 0 Å². The molecule has 1 amide bonds. The maximum Gasteiger partial charge on any atom is 0.222 e. The van der Waals surface area contributed by atoms with E-state index in [1.165, 1.54) is 6.42 Å². The Kier molecular flexibility index (Phi) is 4.05. The van der Waals surface area contributed by atoms with E-state index in [0.717, 1.165) is 25.7 Å². The average Bonchev–Trinajstić information content (AvgIpc) is 3.02. The lowest BCUT2D eigenvalue weighted by molar-refractivity contribution is -0.124. The quantitative estimate of drug-likeness (QED) is 0.733. The molecule has 2 aliphatic carbocycles. The molecule has 2 fully saturated rings. The monoisotopic (exact) mass is 240 g/mol. The number of hydrogen-bond acceptors (Lipinski definition) is 3. The molecule has 0 aliphatic heterocycles. The fraction of sp³-hybridized carbons (Fsp3) is 0.923. The Morgan fingerprint density at radius 2 is 2.24 bits per heavy atom. The highest BCUT2D eigenvalue weighted by atomic mass is 16.5. The summed E-state index contributed by atoms with van der Waals surface area (Å²) in [6.45, 7) is 3.31. The van der Waals surface area contributed by atoms with E-state index in [-0.39, 0.29) is 11.5 Å². The second-order valence-corrected chi connectivity index (χ2v) is 5.68. The lowest BCUT2D eigenvalue weighted by Gasteiger charge is -2.28. The van der Waals surface area contributed by atoms with Crippen LogP contribution in [0.15, 0.2) is 0 Å². The van der Waals surface area contributed by atoms with E-state index in [1.54, 1.807) is 0 Å². The summed E-state index contributed by atoms with van der Waals surface area (Å²) in [6.07, 6.45) is 5.99. The van der Waals surface area contributed by atoms with Crippen LogP contribution in [0.2, 0.25) is 0 Å². The van der Waals surface area contributed by atoms with Gasteiger partial charge in [-0.05, 0) is 38.0 Å². The molecule has 17 heavy (non-hydrogen) atoms. The Labute approximate surface area is 103 Å². The molecule has 4 heteroatoms. The first-order chi connectivity index (χ1) is 8.13. The van der Waals surface area contributed by atoms with Gasteiger partial charge >= 0.3 is 0 Å². The first-order valence-electron chi connectivity index (χ1n) is 6.77. The van der Waals surface area contributed by atoms with Crippen molar-refractivity contribution in [2.24, 2.45) is 11.7 Å². The lowest BCUT2D eigenvalue weighted by Crippen LogP contribution is -2.39. The SMILES string of the molecule is CC1CCC(CN)(OCCC(=O)NC2CC2)C1. The molecule has 98 valence electrons. The number of ether oxygens (including phenoxy) is 1. The van der Waals surface area contributed by atoms with Crippen molar-refractivity contribution >= 4 is 5.91 Å². The summed E-state index contributed by atoms with van der Waals surface area (Å²) in [6, 6.07) is 0.442. The van der Waals surface area contributed by atoms with Gasteiger partial charge in [-0.3, -0.25) is 4.79 Å². The van der Waals surface area contributed by atoms with E-state index < -0.39 is 0 Å². The van der Waals surface area contributed by atoms with Crippen molar-refractivity contribution in [1.82, 2.24) is 5.32 Å². The maximum atomic E-state index is 11.5. The van der Waals surface area contributed by atoms with Gasteiger partial charge in [0.05, 0.1) is 12.2 Å². The number of nitrogens with one attached hydrogen (secondary N) is 1. The molecule has 0 saturated heterocycles. The van der Waals surface area contributed by atoms with Crippen molar-refractivity contribution < 1.29 is 9.53 Å². The highest BCUT2D eigenvalue weighted by Gasteiger charge is 2.37. The van der Waals surface area contributed by atoms with Crippen LogP contribution in [0.25, 0.3) is 0 Å². The van der Waals surface area contributed by atoms with Gasteiger partial charge in [0.1, 0.15) is 0 Å². The second-order valence-electron chi connectivity index (χ2n) is 5.68. The number of carbonyl (C=O) groups is 1. The summed E-state index contributed by atoms with van der Waals surface area (Å²) >= 11 is 0. The van der Waals surface area contributed by atoms with Crippen LogP contribution in [0.4, 0.5) is 0 Å². The molecule has 0 aromatic carbocycles. The Bertz CT molecular complexity index is 279. The molecule has 0 heterocycles. The largest absolute Gasteiger partial charge is 0.373 e. The molecule has 0 bridgehead atoms. The third kappa shape index (κ3) is 3.68. The smallest absolute Gasteiger partial charge is 0.222 e. The number of hydrogen-bond donors (Lipinski definition) is 2. The van der Waals surface area contributed by atoms with Gasteiger partial charge in [0.25, 0.3) is 0 Å². The standard InChI is InChI=1S/C13H24N2O2/c1-10-4-6-13(8-10,9-14)17-7-5-12(16)15-11-2-3-11/h10-11H,2-9,14H2,1H3,(H,15,16). The fourth-order valence-corrected chi connectivity index (χ4v) is 2.61. The van der Waals surface area contributed by atoms with E-state index in [4.69, 9.17) is 10.5 Å². The fourth-order valence-electron chi connectivity index (χ4n) is 2.61. The number of carbonyl (C=O) groups excluding carboxylic acids is 1. The highest BCUT2D eigenvalue weighted by molar-refractivity contribution is 5.76. The zero-order valence-electron chi connectivity index (χ0n) is 10.7. The summed E-state index contributed by atoms with van der Waals surface area (Å²) in [5.41, 5.74) is 5.66. The van der Waals surface area contributed by atoms with Gasteiger partial charge in [-0.2, -0.15) is 0 Å². The summed E-state index contributed by atoms with van der Waals surface area (Å²) in [4.78, 5) is 11.5. The third-order valence-electron chi connectivity index (χ3n) is 3.87. The minimum atomic E-state index is -0.153. The Morgan fingerprint density at radius 3 is 2.76 bits per heavy atom. The Balaban J connectivity index is 1.67. The highest BCUT2D eigenvalue weighted by Crippen LogP contribution is 2.36. The molecule has 0 spiro atoms. The van der Waals surface area contributed by atoms with Crippen LogP contribution in [0, 0.1) is 5.92 Å². The molecule has 0 aromatic rings. The molecule has 3 N–H and O–H groups in total. The summed E-state index contributed by atoms with van der Waals surface area (Å²) in [5.74, 6) is 0.810. The minimum absolute atomic E-state index is 0.116. The summed E-state index contributed by atoms with van der Waals surface area (Å²) < 4.78 is 5.90. The molecule has 2 saturated carbocycles. The average molecular weight is 240 g/mol.